The molecular formula is C42H60Si6. The summed E-state index contributed by atoms with van der Waals surface area (Å²) in [5, 5.41) is 29.1. The molecule has 7 aromatic rings. The van der Waals surface area contributed by atoms with Gasteiger partial charge in [0.2, 0.25) is 0 Å². The Morgan fingerprint density at radius 2 is 0.312 bits per heavy atom. The highest BCUT2D eigenvalue weighted by Crippen LogP contribution is 2.56. The van der Waals surface area contributed by atoms with E-state index >= 15 is 0 Å². The molecule has 0 saturated heterocycles. The summed E-state index contributed by atoms with van der Waals surface area (Å²) < 4.78 is 0. The third-order valence-corrected chi connectivity index (χ3v) is 24.4. The average molecular weight is 733 g/mol. The minimum absolute atomic E-state index is 1.54. The first kappa shape index (κ1) is 34.6. The molecule has 0 spiro atoms. The fourth-order valence-electron chi connectivity index (χ4n) is 8.94. The van der Waals surface area contributed by atoms with Crippen molar-refractivity contribution in [1.82, 2.24) is 0 Å². The van der Waals surface area contributed by atoms with Crippen molar-refractivity contribution in [1.29, 1.82) is 0 Å². The molecule has 48 heavy (non-hydrogen) atoms. The molecule has 0 N–H and O–H groups in total. The average Bonchev–Trinajstić information content (AvgIpc) is 2.88. The Hall–Kier alpha value is -1.82. The monoisotopic (exact) mass is 732 g/mol. The Kier molecular flexibility index (Phi) is 7.17. The van der Waals surface area contributed by atoms with Crippen LogP contribution >= 0.6 is 0 Å². The van der Waals surface area contributed by atoms with Gasteiger partial charge < -0.3 is 0 Å². The summed E-state index contributed by atoms with van der Waals surface area (Å²) in [5.74, 6) is 0. The van der Waals surface area contributed by atoms with Crippen LogP contribution in [0.15, 0.2) is 36.4 Å². The first-order valence-corrected chi connectivity index (χ1v) is 39.5. The Labute approximate surface area is 296 Å². The summed E-state index contributed by atoms with van der Waals surface area (Å²) in [6.45, 7) is 46.1. The van der Waals surface area contributed by atoms with Gasteiger partial charge in [0, 0.05) is 0 Å². The van der Waals surface area contributed by atoms with E-state index in [1.807, 2.05) is 0 Å². The van der Waals surface area contributed by atoms with E-state index in [2.05, 4.69) is 154 Å². The summed E-state index contributed by atoms with van der Waals surface area (Å²) in [6.07, 6.45) is 0. The van der Waals surface area contributed by atoms with E-state index in [-0.39, 0.29) is 0 Å². The van der Waals surface area contributed by atoms with Crippen molar-refractivity contribution in [3.63, 3.8) is 0 Å². The topological polar surface area (TPSA) is 0 Å². The van der Waals surface area contributed by atoms with Gasteiger partial charge in [0.25, 0.3) is 0 Å². The molecule has 7 rings (SSSR count). The molecule has 7 aromatic carbocycles. The van der Waals surface area contributed by atoms with E-state index in [1.54, 1.807) is 95.8 Å². The second-order valence-electron chi connectivity index (χ2n) is 21.6. The minimum atomic E-state index is -1.54. The van der Waals surface area contributed by atoms with E-state index in [9.17, 15) is 0 Å². The SMILES string of the molecule is C[Si](C)(C)c1cc2c(cc1[Si](C)(C)C)c1c2c2c3cc([Si](C)(C)C)c([Si](C)(C)C)cc3c2c2c3cc([Si](C)(C)C)c([Si](C)(C)C)cc3c12. The second-order valence-corrected chi connectivity index (χ2v) is 51.8. The standard InChI is InChI=1S/C42H60Si6/c1-43(2,3)31-19-25-26(20-32(31)44(4,5)6)38-37(25)39-27-21-33(45(7,8)9)34(46(10,11)12)22-28(27)41(39)42-30-24-36(48(16,17)18)35(47(13,14)15)23-29(30)40(38)42/h19-24H,1-18H3. The Balaban J connectivity index is 1.75. The predicted octanol–water partition coefficient (Wildman–Crippen LogP) is 10.2. The summed E-state index contributed by atoms with van der Waals surface area (Å²) in [4.78, 5) is 0. The molecule has 0 heterocycles. The maximum atomic E-state index is 2.71. The Morgan fingerprint density at radius 1 is 0.208 bits per heavy atom. The zero-order valence-corrected chi connectivity index (χ0v) is 39.5. The molecule has 0 fully saturated rings. The lowest BCUT2D eigenvalue weighted by Gasteiger charge is -2.35. The smallest absolute Gasteiger partial charge is 0.0656 e. The van der Waals surface area contributed by atoms with Gasteiger partial charge in [0.1, 0.15) is 0 Å². The molecule has 0 amide bonds. The van der Waals surface area contributed by atoms with Gasteiger partial charge in [-0.3, -0.25) is 0 Å². The third-order valence-electron chi connectivity index (χ3n) is 11.4. The van der Waals surface area contributed by atoms with Crippen LogP contribution in [0.25, 0.3) is 64.6 Å². The maximum Gasteiger partial charge on any atom is 0.0774 e. The van der Waals surface area contributed by atoms with Crippen LogP contribution < -0.4 is 31.1 Å². The number of benzene rings is 4. The fraction of sp³-hybridized carbons (Fsp3) is 0.429. The first-order valence-electron chi connectivity index (χ1n) is 18.5. The number of hydrogen-bond acceptors (Lipinski definition) is 0. The van der Waals surface area contributed by atoms with Crippen LogP contribution in [-0.4, -0.2) is 48.4 Å². The minimum Gasteiger partial charge on any atom is -0.0656 e. The quantitative estimate of drug-likeness (QED) is 0.149. The second kappa shape index (κ2) is 9.94. The van der Waals surface area contributed by atoms with Crippen molar-refractivity contribution in [2.45, 2.75) is 118 Å². The highest BCUT2D eigenvalue weighted by atomic mass is 28.3. The Bertz CT molecular complexity index is 1950. The zero-order chi connectivity index (χ0) is 35.6. The molecular weight excluding hydrogens is 673 g/mol. The van der Waals surface area contributed by atoms with E-state index in [0.29, 0.717) is 0 Å². The molecule has 0 saturated carbocycles. The van der Waals surface area contributed by atoms with Crippen molar-refractivity contribution in [2.24, 2.45) is 0 Å². The van der Waals surface area contributed by atoms with Crippen molar-refractivity contribution >= 4 is 144 Å². The van der Waals surface area contributed by atoms with Crippen molar-refractivity contribution in [3.05, 3.63) is 36.4 Å². The van der Waals surface area contributed by atoms with E-state index in [0.717, 1.165) is 0 Å². The molecule has 252 valence electrons. The van der Waals surface area contributed by atoms with Crippen LogP contribution in [0.2, 0.25) is 118 Å². The summed E-state index contributed by atoms with van der Waals surface area (Å²) in [6, 6.07) is 16.2. The van der Waals surface area contributed by atoms with Gasteiger partial charge in [-0.05, 0) is 64.6 Å². The molecule has 0 aromatic heterocycles. The van der Waals surface area contributed by atoms with Crippen LogP contribution in [0.3, 0.4) is 0 Å². The van der Waals surface area contributed by atoms with Crippen LogP contribution in [0.4, 0.5) is 0 Å². The van der Waals surface area contributed by atoms with Crippen LogP contribution in [0.1, 0.15) is 0 Å². The summed E-state index contributed by atoms with van der Waals surface area (Å²) in [7, 11) is -9.26. The fourth-order valence-corrected chi connectivity index (χ4v) is 24.4. The van der Waals surface area contributed by atoms with Gasteiger partial charge in [0.05, 0.1) is 48.4 Å². The maximum absolute atomic E-state index is 2.71. The van der Waals surface area contributed by atoms with E-state index in [4.69, 9.17) is 0 Å². The lowest BCUT2D eigenvalue weighted by Crippen LogP contribution is -2.56. The number of hydrogen-bond donors (Lipinski definition) is 0. The van der Waals surface area contributed by atoms with Crippen LogP contribution in [-0.2, 0) is 0 Å². The van der Waals surface area contributed by atoms with Gasteiger partial charge in [-0.2, -0.15) is 0 Å². The molecule has 0 radical (unpaired) electrons. The van der Waals surface area contributed by atoms with Gasteiger partial charge in [-0.25, -0.2) is 0 Å². The van der Waals surface area contributed by atoms with Gasteiger partial charge in [-0.1, -0.05) is 185 Å². The summed E-state index contributed by atoms with van der Waals surface area (Å²) >= 11 is 0. The molecule has 0 atom stereocenters. The highest BCUT2D eigenvalue weighted by Gasteiger charge is 2.36. The number of rotatable bonds is 6. The third kappa shape index (κ3) is 4.86. The van der Waals surface area contributed by atoms with Crippen molar-refractivity contribution in [3.8, 4) is 0 Å². The molecule has 0 aliphatic carbocycles. The largest absolute Gasteiger partial charge is 0.0774 e. The molecule has 0 nitrogen and oxygen atoms in total. The predicted molar refractivity (Wildman–Crippen MR) is 243 cm³/mol. The van der Waals surface area contributed by atoms with Crippen molar-refractivity contribution in [2.75, 3.05) is 0 Å². The molecule has 0 aliphatic rings. The van der Waals surface area contributed by atoms with E-state index in [1.165, 1.54) is 0 Å². The van der Waals surface area contributed by atoms with Crippen molar-refractivity contribution < 1.29 is 0 Å². The number of fused-ring (bicyclic) bond motifs is 15. The summed E-state index contributed by atoms with van der Waals surface area (Å²) in [5.41, 5.74) is 0. The molecule has 0 bridgehead atoms. The lowest BCUT2D eigenvalue weighted by molar-refractivity contribution is 1.69. The molecule has 0 unspecified atom stereocenters. The lowest BCUT2D eigenvalue weighted by atomic mass is 9.75. The Morgan fingerprint density at radius 3 is 0.396 bits per heavy atom. The van der Waals surface area contributed by atoms with Gasteiger partial charge >= 0.3 is 0 Å². The zero-order valence-electron chi connectivity index (χ0n) is 33.5. The van der Waals surface area contributed by atoms with Crippen LogP contribution in [0, 0.1) is 0 Å². The molecule has 6 heteroatoms. The van der Waals surface area contributed by atoms with E-state index < -0.39 is 48.4 Å². The van der Waals surface area contributed by atoms with Gasteiger partial charge in [0.15, 0.2) is 0 Å². The molecule has 0 aliphatic heterocycles. The van der Waals surface area contributed by atoms with Crippen LogP contribution in [0.5, 0.6) is 0 Å². The normalized spacial score (nSPS) is 14.9. The highest BCUT2D eigenvalue weighted by molar-refractivity contribution is 7.00. The first-order chi connectivity index (χ1) is 21.6. The van der Waals surface area contributed by atoms with Gasteiger partial charge in [-0.15, -0.1) is 0 Å².